The fraction of sp³-hybridized carbons (Fsp3) is 0.100. The van der Waals surface area contributed by atoms with Crippen LogP contribution in [0.25, 0.3) is 11.1 Å². The van der Waals surface area contributed by atoms with E-state index in [0.29, 0.717) is 27.3 Å². The number of para-hydroxylation sites is 1. The van der Waals surface area contributed by atoms with E-state index in [4.69, 9.17) is 34.8 Å². The lowest BCUT2D eigenvalue weighted by molar-refractivity contribution is -0.116. The Balaban J connectivity index is 1.77. The molecule has 3 rings (SSSR count). The number of hydrogen-bond donors (Lipinski definition) is 1. The van der Waals surface area contributed by atoms with Gasteiger partial charge in [-0.2, -0.15) is 0 Å². The highest BCUT2D eigenvalue weighted by atomic mass is 35.5. The smallest absolute Gasteiger partial charge is 0.224 e. The number of nitrogens with one attached hydrogen (secondary N) is 1. The molecule has 0 fully saturated rings. The first kappa shape index (κ1) is 18.7. The van der Waals surface area contributed by atoms with Crippen molar-refractivity contribution in [1.29, 1.82) is 0 Å². The third-order valence-electron chi connectivity index (χ3n) is 3.89. The highest BCUT2D eigenvalue weighted by molar-refractivity contribution is 6.34. The van der Waals surface area contributed by atoms with Crippen LogP contribution in [0.4, 0.5) is 5.69 Å². The average molecular weight is 406 g/mol. The second kappa shape index (κ2) is 8.54. The predicted molar refractivity (Wildman–Crippen MR) is 108 cm³/mol. The Labute approximate surface area is 166 Å². The highest BCUT2D eigenvalue weighted by Crippen LogP contribution is 2.32. The molecule has 0 atom stereocenters. The number of halogens is 3. The van der Waals surface area contributed by atoms with Gasteiger partial charge < -0.3 is 5.32 Å². The van der Waals surface area contributed by atoms with Crippen LogP contribution in [0.15, 0.2) is 60.8 Å². The van der Waals surface area contributed by atoms with Crippen molar-refractivity contribution in [3.63, 3.8) is 0 Å². The lowest BCUT2D eigenvalue weighted by Gasteiger charge is -2.12. The SMILES string of the molecule is O=C(CCc1cnc(Cl)cc1-c1ccccc1Cl)Nc1ccccc1Cl. The van der Waals surface area contributed by atoms with Gasteiger partial charge in [0.15, 0.2) is 0 Å². The largest absolute Gasteiger partial charge is 0.325 e. The van der Waals surface area contributed by atoms with Gasteiger partial charge in [0.1, 0.15) is 5.15 Å². The van der Waals surface area contributed by atoms with Gasteiger partial charge >= 0.3 is 0 Å². The van der Waals surface area contributed by atoms with E-state index in [1.54, 1.807) is 24.4 Å². The van der Waals surface area contributed by atoms with Crippen LogP contribution in [0.1, 0.15) is 12.0 Å². The molecule has 0 bridgehead atoms. The summed E-state index contributed by atoms with van der Waals surface area (Å²) in [6.45, 7) is 0. The molecule has 0 aliphatic rings. The topological polar surface area (TPSA) is 42.0 Å². The fourth-order valence-corrected chi connectivity index (χ4v) is 3.19. The van der Waals surface area contributed by atoms with Gasteiger partial charge in [0.25, 0.3) is 0 Å². The van der Waals surface area contributed by atoms with E-state index in [0.717, 1.165) is 16.7 Å². The summed E-state index contributed by atoms with van der Waals surface area (Å²) in [6.07, 6.45) is 2.47. The third kappa shape index (κ3) is 4.55. The lowest BCUT2D eigenvalue weighted by Crippen LogP contribution is -2.13. The maximum atomic E-state index is 12.3. The molecule has 0 saturated heterocycles. The van der Waals surface area contributed by atoms with Crippen LogP contribution < -0.4 is 5.32 Å². The van der Waals surface area contributed by atoms with E-state index in [-0.39, 0.29) is 12.3 Å². The van der Waals surface area contributed by atoms with Gasteiger partial charge in [-0.05, 0) is 41.8 Å². The van der Waals surface area contributed by atoms with Crippen LogP contribution in [-0.2, 0) is 11.2 Å². The maximum Gasteiger partial charge on any atom is 0.224 e. The van der Waals surface area contributed by atoms with Gasteiger partial charge in [-0.15, -0.1) is 0 Å². The molecular weight excluding hydrogens is 391 g/mol. The summed E-state index contributed by atoms with van der Waals surface area (Å²) in [4.78, 5) is 16.4. The summed E-state index contributed by atoms with van der Waals surface area (Å²) >= 11 is 18.4. The number of pyridine rings is 1. The molecule has 0 unspecified atom stereocenters. The summed E-state index contributed by atoms with van der Waals surface area (Å²) in [6, 6.07) is 16.4. The molecule has 2 aromatic carbocycles. The van der Waals surface area contributed by atoms with Crippen LogP contribution in [0, 0.1) is 0 Å². The summed E-state index contributed by atoms with van der Waals surface area (Å²) in [5.41, 5.74) is 3.23. The quantitative estimate of drug-likeness (QED) is 0.507. The van der Waals surface area contributed by atoms with Gasteiger partial charge in [0.2, 0.25) is 5.91 Å². The van der Waals surface area contributed by atoms with E-state index in [9.17, 15) is 4.79 Å². The number of anilines is 1. The molecule has 0 spiro atoms. The number of hydrogen-bond acceptors (Lipinski definition) is 2. The van der Waals surface area contributed by atoms with Gasteiger partial charge in [0.05, 0.1) is 10.7 Å². The molecule has 0 radical (unpaired) electrons. The van der Waals surface area contributed by atoms with E-state index in [1.807, 2.05) is 36.4 Å². The summed E-state index contributed by atoms with van der Waals surface area (Å²) in [5, 5.41) is 4.33. The zero-order valence-corrected chi connectivity index (χ0v) is 15.9. The molecule has 0 aliphatic carbocycles. The molecule has 1 amide bonds. The molecule has 3 nitrogen and oxygen atoms in total. The highest BCUT2D eigenvalue weighted by Gasteiger charge is 2.12. The number of carbonyl (C=O) groups is 1. The minimum absolute atomic E-state index is 0.127. The van der Waals surface area contributed by atoms with E-state index in [2.05, 4.69) is 10.3 Å². The van der Waals surface area contributed by atoms with Crippen molar-refractivity contribution >= 4 is 46.4 Å². The minimum Gasteiger partial charge on any atom is -0.325 e. The van der Waals surface area contributed by atoms with Gasteiger partial charge in [-0.3, -0.25) is 4.79 Å². The second-order valence-corrected chi connectivity index (χ2v) is 6.87. The first-order valence-electron chi connectivity index (χ1n) is 7.98. The van der Waals surface area contributed by atoms with Crippen molar-refractivity contribution in [2.75, 3.05) is 5.32 Å². The van der Waals surface area contributed by atoms with Crippen molar-refractivity contribution < 1.29 is 4.79 Å². The van der Waals surface area contributed by atoms with Crippen molar-refractivity contribution in [2.45, 2.75) is 12.8 Å². The number of amides is 1. The fourth-order valence-electron chi connectivity index (χ4n) is 2.61. The second-order valence-electron chi connectivity index (χ2n) is 5.67. The molecule has 0 saturated carbocycles. The standard InChI is InChI=1S/C20H15Cl3N2O/c21-16-6-2-1-5-14(16)15-11-19(23)24-12-13(15)9-10-20(26)25-18-8-4-3-7-17(18)22/h1-8,11-12H,9-10H2,(H,25,26). The Hall–Kier alpha value is -2.07. The van der Waals surface area contributed by atoms with Crippen LogP contribution in [0.3, 0.4) is 0 Å². The Morgan fingerprint density at radius 1 is 0.923 bits per heavy atom. The number of carbonyl (C=O) groups excluding carboxylic acids is 1. The van der Waals surface area contributed by atoms with Crippen molar-refractivity contribution in [3.8, 4) is 11.1 Å². The van der Waals surface area contributed by atoms with Crippen molar-refractivity contribution in [1.82, 2.24) is 4.98 Å². The number of benzene rings is 2. The minimum atomic E-state index is -0.127. The number of aromatic nitrogens is 1. The molecule has 3 aromatic rings. The normalized spacial score (nSPS) is 10.6. The predicted octanol–water partition coefficient (Wildman–Crippen LogP) is 6.28. The Kier molecular flexibility index (Phi) is 6.15. The zero-order chi connectivity index (χ0) is 18.5. The van der Waals surface area contributed by atoms with Gasteiger partial charge in [-0.25, -0.2) is 4.98 Å². The zero-order valence-electron chi connectivity index (χ0n) is 13.7. The van der Waals surface area contributed by atoms with E-state index in [1.165, 1.54) is 0 Å². The monoisotopic (exact) mass is 404 g/mol. The Morgan fingerprint density at radius 2 is 1.62 bits per heavy atom. The maximum absolute atomic E-state index is 12.3. The first-order chi connectivity index (χ1) is 12.5. The molecule has 26 heavy (non-hydrogen) atoms. The molecule has 1 heterocycles. The first-order valence-corrected chi connectivity index (χ1v) is 9.11. The number of rotatable bonds is 5. The van der Waals surface area contributed by atoms with Crippen LogP contribution in [0.5, 0.6) is 0 Å². The number of nitrogens with zero attached hydrogens (tertiary/aromatic N) is 1. The van der Waals surface area contributed by atoms with E-state index < -0.39 is 0 Å². The van der Waals surface area contributed by atoms with Crippen LogP contribution in [-0.4, -0.2) is 10.9 Å². The van der Waals surface area contributed by atoms with Crippen LogP contribution in [0.2, 0.25) is 15.2 Å². The van der Waals surface area contributed by atoms with Crippen molar-refractivity contribution in [2.24, 2.45) is 0 Å². The number of aryl methyl sites for hydroxylation is 1. The molecule has 1 N–H and O–H groups in total. The average Bonchev–Trinajstić information content (AvgIpc) is 2.63. The summed E-state index contributed by atoms with van der Waals surface area (Å²) in [5.74, 6) is -0.127. The van der Waals surface area contributed by atoms with Gasteiger partial charge in [0, 0.05) is 23.2 Å². The molecule has 6 heteroatoms. The third-order valence-corrected chi connectivity index (χ3v) is 4.75. The molecular formula is C20H15Cl3N2O. The molecule has 132 valence electrons. The van der Waals surface area contributed by atoms with Crippen LogP contribution >= 0.6 is 34.8 Å². The van der Waals surface area contributed by atoms with E-state index >= 15 is 0 Å². The summed E-state index contributed by atoms with van der Waals surface area (Å²) < 4.78 is 0. The molecule has 0 aliphatic heterocycles. The van der Waals surface area contributed by atoms with Crippen molar-refractivity contribution in [3.05, 3.63) is 81.6 Å². The Bertz CT molecular complexity index is 944. The summed E-state index contributed by atoms with van der Waals surface area (Å²) in [7, 11) is 0. The lowest BCUT2D eigenvalue weighted by atomic mass is 9.98. The molecule has 1 aromatic heterocycles. The van der Waals surface area contributed by atoms with Gasteiger partial charge in [-0.1, -0.05) is 65.1 Å². The Morgan fingerprint density at radius 3 is 2.35 bits per heavy atom.